The first-order valence-corrected chi connectivity index (χ1v) is 6.54. The molecule has 0 radical (unpaired) electrons. The van der Waals surface area contributed by atoms with E-state index in [2.05, 4.69) is 15.4 Å². The fourth-order valence-electron chi connectivity index (χ4n) is 1.43. The predicted octanol–water partition coefficient (Wildman–Crippen LogP) is 1.39. The van der Waals surface area contributed by atoms with E-state index in [9.17, 15) is 9.59 Å². The molecule has 5 heteroatoms. The number of hydrogen-bond donors (Lipinski definition) is 2. The molecule has 0 aliphatic heterocycles. The Balaban J connectivity index is 4.29. The first-order chi connectivity index (χ1) is 8.71. The molecule has 0 fully saturated rings. The van der Waals surface area contributed by atoms with Crippen molar-refractivity contribution >= 4 is 11.9 Å². The summed E-state index contributed by atoms with van der Waals surface area (Å²) in [6.45, 7) is 9.94. The van der Waals surface area contributed by atoms with Crippen LogP contribution in [-0.4, -0.2) is 37.1 Å². The molecular formula is C14H26N2O3. The number of methoxy groups -OCH3 is 1. The summed E-state index contributed by atoms with van der Waals surface area (Å²) in [5.74, 6) is -0.381. The number of ether oxygens (including phenoxy) is 1. The van der Waals surface area contributed by atoms with E-state index in [0.29, 0.717) is 18.5 Å². The average Bonchev–Trinajstić information content (AvgIpc) is 2.31. The summed E-state index contributed by atoms with van der Waals surface area (Å²) in [7, 11) is 1.36. The fraction of sp³-hybridized carbons (Fsp3) is 0.714. The van der Waals surface area contributed by atoms with Gasteiger partial charge in [0.25, 0.3) is 0 Å². The van der Waals surface area contributed by atoms with Crippen molar-refractivity contribution in [2.24, 2.45) is 0 Å². The molecule has 5 nitrogen and oxygen atoms in total. The van der Waals surface area contributed by atoms with Crippen LogP contribution in [0, 0.1) is 0 Å². The first-order valence-electron chi connectivity index (χ1n) is 6.54. The predicted molar refractivity (Wildman–Crippen MR) is 75.8 cm³/mol. The normalized spacial score (nSPS) is 13.9. The maximum Gasteiger partial charge on any atom is 0.333 e. The Morgan fingerprint density at radius 3 is 2.32 bits per heavy atom. The minimum absolute atomic E-state index is 0.0583. The molecule has 1 amide bonds. The van der Waals surface area contributed by atoms with E-state index in [1.54, 1.807) is 13.0 Å². The van der Waals surface area contributed by atoms with Gasteiger partial charge in [0.05, 0.1) is 13.2 Å². The van der Waals surface area contributed by atoms with Crippen molar-refractivity contribution in [3.63, 3.8) is 0 Å². The van der Waals surface area contributed by atoms with Gasteiger partial charge in [-0.05, 0) is 34.1 Å². The lowest BCUT2D eigenvalue weighted by Crippen LogP contribution is -2.49. The molecule has 0 aromatic rings. The molecule has 1 atom stereocenters. The van der Waals surface area contributed by atoms with Crippen LogP contribution in [0.2, 0.25) is 0 Å². The lowest BCUT2D eigenvalue weighted by atomic mass is 10.1. The Morgan fingerprint density at radius 2 is 1.89 bits per heavy atom. The molecule has 19 heavy (non-hydrogen) atoms. The number of rotatable bonds is 6. The van der Waals surface area contributed by atoms with Crippen LogP contribution in [0.4, 0.5) is 0 Å². The summed E-state index contributed by atoms with van der Waals surface area (Å²) < 4.78 is 4.66. The maximum atomic E-state index is 11.8. The lowest BCUT2D eigenvalue weighted by molar-refractivity contribution is -0.136. The highest BCUT2D eigenvalue weighted by Gasteiger charge is 2.18. The molecule has 0 aromatic heterocycles. The van der Waals surface area contributed by atoms with Gasteiger partial charge in [0.1, 0.15) is 0 Å². The van der Waals surface area contributed by atoms with Gasteiger partial charge in [-0.3, -0.25) is 4.79 Å². The van der Waals surface area contributed by atoms with E-state index < -0.39 is 0 Å². The minimum Gasteiger partial charge on any atom is -0.466 e. The molecule has 0 heterocycles. The second kappa shape index (κ2) is 7.94. The zero-order valence-corrected chi connectivity index (χ0v) is 12.8. The molecule has 0 aromatic carbocycles. The van der Waals surface area contributed by atoms with E-state index in [0.717, 1.165) is 0 Å². The Labute approximate surface area is 115 Å². The zero-order chi connectivity index (χ0) is 15.1. The third-order valence-electron chi connectivity index (χ3n) is 2.49. The maximum absolute atomic E-state index is 11.8. The van der Waals surface area contributed by atoms with Crippen molar-refractivity contribution in [3.8, 4) is 0 Å². The number of carbonyl (C=O) groups is 2. The van der Waals surface area contributed by atoms with Crippen molar-refractivity contribution < 1.29 is 14.3 Å². The van der Waals surface area contributed by atoms with Gasteiger partial charge in [0, 0.05) is 17.7 Å². The van der Waals surface area contributed by atoms with E-state index in [4.69, 9.17) is 0 Å². The zero-order valence-electron chi connectivity index (χ0n) is 12.8. The number of amides is 1. The molecule has 0 spiro atoms. The number of esters is 1. The third kappa shape index (κ3) is 7.62. The topological polar surface area (TPSA) is 67.4 Å². The van der Waals surface area contributed by atoms with E-state index in [1.807, 2.05) is 27.7 Å². The Morgan fingerprint density at radius 1 is 1.32 bits per heavy atom. The van der Waals surface area contributed by atoms with Crippen molar-refractivity contribution in [1.82, 2.24) is 10.6 Å². The highest BCUT2D eigenvalue weighted by atomic mass is 16.5. The van der Waals surface area contributed by atoms with Gasteiger partial charge < -0.3 is 15.4 Å². The van der Waals surface area contributed by atoms with E-state index >= 15 is 0 Å². The van der Waals surface area contributed by atoms with Crippen LogP contribution in [0.25, 0.3) is 0 Å². The smallest absolute Gasteiger partial charge is 0.333 e. The highest BCUT2D eigenvalue weighted by molar-refractivity contribution is 5.88. The van der Waals surface area contributed by atoms with Gasteiger partial charge in [-0.15, -0.1) is 0 Å². The van der Waals surface area contributed by atoms with E-state index in [-0.39, 0.29) is 23.5 Å². The number of nitrogens with one attached hydrogen (secondary N) is 2. The first kappa shape index (κ1) is 17.6. The van der Waals surface area contributed by atoms with Crippen LogP contribution in [-0.2, 0) is 14.3 Å². The van der Waals surface area contributed by atoms with Crippen molar-refractivity contribution in [1.29, 1.82) is 0 Å². The summed E-state index contributed by atoms with van der Waals surface area (Å²) in [4.78, 5) is 23.2. The molecule has 0 saturated carbocycles. The number of hydrogen-bond acceptors (Lipinski definition) is 4. The molecule has 1 unspecified atom stereocenters. The van der Waals surface area contributed by atoms with Crippen LogP contribution >= 0.6 is 0 Å². The van der Waals surface area contributed by atoms with Crippen LogP contribution < -0.4 is 10.6 Å². The lowest BCUT2D eigenvalue weighted by Gasteiger charge is -2.23. The quantitative estimate of drug-likeness (QED) is 0.565. The third-order valence-corrected chi connectivity index (χ3v) is 2.49. The second-order valence-electron chi connectivity index (χ2n) is 5.44. The summed E-state index contributed by atoms with van der Waals surface area (Å²) in [5.41, 5.74) is 0.363. The monoisotopic (exact) mass is 270 g/mol. The molecule has 0 aliphatic rings. The van der Waals surface area contributed by atoms with Gasteiger partial charge in [-0.25, -0.2) is 4.79 Å². The Bertz CT molecular complexity index is 343. The standard InChI is InChI=1S/C14H26N2O3/c1-7-11(13(18)19-6)8-9-15-10(2)12(17)16-14(3,4)5/h8,10,15H,7,9H2,1-6H3,(H,16,17). The van der Waals surface area contributed by atoms with Gasteiger partial charge in [-0.1, -0.05) is 13.0 Å². The Hall–Kier alpha value is -1.36. The summed E-state index contributed by atoms with van der Waals surface area (Å²) in [6, 6.07) is -0.314. The molecule has 110 valence electrons. The van der Waals surface area contributed by atoms with Gasteiger partial charge in [0.15, 0.2) is 0 Å². The van der Waals surface area contributed by atoms with Crippen molar-refractivity contribution in [2.75, 3.05) is 13.7 Å². The van der Waals surface area contributed by atoms with E-state index in [1.165, 1.54) is 7.11 Å². The molecule has 2 N–H and O–H groups in total. The average molecular weight is 270 g/mol. The molecular weight excluding hydrogens is 244 g/mol. The number of carbonyl (C=O) groups excluding carboxylic acids is 2. The molecule has 0 aliphatic carbocycles. The van der Waals surface area contributed by atoms with Crippen LogP contribution in [0.15, 0.2) is 11.6 Å². The van der Waals surface area contributed by atoms with Crippen LogP contribution in [0.1, 0.15) is 41.0 Å². The van der Waals surface area contributed by atoms with Crippen molar-refractivity contribution in [2.45, 2.75) is 52.6 Å². The summed E-state index contributed by atoms with van der Waals surface area (Å²) in [6.07, 6.45) is 2.36. The minimum atomic E-state index is -0.323. The largest absolute Gasteiger partial charge is 0.466 e. The summed E-state index contributed by atoms with van der Waals surface area (Å²) in [5, 5.41) is 5.94. The summed E-state index contributed by atoms with van der Waals surface area (Å²) >= 11 is 0. The molecule has 0 saturated heterocycles. The van der Waals surface area contributed by atoms with Gasteiger partial charge in [-0.2, -0.15) is 0 Å². The van der Waals surface area contributed by atoms with Crippen molar-refractivity contribution in [3.05, 3.63) is 11.6 Å². The fourth-order valence-corrected chi connectivity index (χ4v) is 1.43. The van der Waals surface area contributed by atoms with Gasteiger partial charge >= 0.3 is 5.97 Å². The second-order valence-corrected chi connectivity index (χ2v) is 5.44. The van der Waals surface area contributed by atoms with Gasteiger partial charge in [0.2, 0.25) is 5.91 Å². The van der Waals surface area contributed by atoms with Crippen LogP contribution in [0.5, 0.6) is 0 Å². The molecule has 0 rings (SSSR count). The van der Waals surface area contributed by atoms with Crippen LogP contribution in [0.3, 0.4) is 0 Å². The Kier molecular flexibility index (Phi) is 7.37. The highest BCUT2D eigenvalue weighted by Crippen LogP contribution is 2.02. The SMILES string of the molecule is CCC(=CCNC(C)C(=O)NC(C)(C)C)C(=O)OC. The molecule has 0 bridgehead atoms.